The van der Waals surface area contributed by atoms with Gasteiger partial charge in [-0.05, 0) is 54.4 Å². The average molecular weight is 495 g/mol. The molecule has 2 aliphatic rings. The van der Waals surface area contributed by atoms with Crippen LogP contribution in [0.3, 0.4) is 0 Å². The molecule has 190 valence electrons. The molecule has 0 aromatic heterocycles. The highest BCUT2D eigenvalue weighted by molar-refractivity contribution is 6.35. The van der Waals surface area contributed by atoms with Crippen molar-refractivity contribution in [2.24, 2.45) is 5.10 Å². The van der Waals surface area contributed by atoms with E-state index in [9.17, 15) is 14.4 Å². The van der Waals surface area contributed by atoms with Gasteiger partial charge in [0.05, 0.1) is 33.1 Å². The molecule has 1 fully saturated rings. The van der Waals surface area contributed by atoms with E-state index in [0.717, 1.165) is 22.6 Å². The standard InChI is InChI=1S/C26H30N4O6/c1-5-28-12-13-29(26(33)25(28)32)16-24(31)30-21(18-8-11-22(35-3)23(14-18)36-4)15-20(27-30)17-6-9-19(34-2)10-7-17/h6-11,14,21H,5,12-13,15-16H2,1-4H3/t21-/m0/s1. The number of hydrogen-bond donors (Lipinski definition) is 0. The number of amides is 3. The number of benzene rings is 2. The molecule has 2 aliphatic heterocycles. The number of hydrazone groups is 1. The molecule has 2 aromatic carbocycles. The topological polar surface area (TPSA) is 101 Å². The van der Waals surface area contributed by atoms with Crippen molar-refractivity contribution in [3.05, 3.63) is 53.6 Å². The Kier molecular flexibility index (Phi) is 7.42. The van der Waals surface area contributed by atoms with Crippen LogP contribution in [0.4, 0.5) is 0 Å². The Morgan fingerprint density at radius 2 is 1.58 bits per heavy atom. The largest absolute Gasteiger partial charge is 0.497 e. The number of methoxy groups -OCH3 is 3. The van der Waals surface area contributed by atoms with Crippen LogP contribution in [0.5, 0.6) is 17.2 Å². The summed E-state index contributed by atoms with van der Waals surface area (Å²) >= 11 is 0. The van der Waals surface area contributed by atoms with Gasteiger partial charge in [-0.25, -0.2) is 5.01 Å². The molecule has 10 nitrogen and oxygen atoms in total. The van der Waals surface area contributed by atoms with Crippen LogP contribution in [0, 0.1) is 0 Å². The monoisotopic (exact) mass is 494 g/mol. The molecular weight excluding hydrogens is 464 g/mol. The molecule has 10 heteroatoms. The van der Waals surface area contributed by atoms with Crippen LogP contribution in [0.1, 0.15) is 30.5 Å². The smallest absolute Gasteiger partial charge is 0.312 e. The van der Waals surface area contributed by atoms with E-state index in [1.807, 2.05) is 43.3 Å². The van der Waals surface area contributed by atoms with Crippen LogP contribution in [0.15, 0.2) is 47.6 Å². The molecular formula is C26H30N4O6. The third-order valence-electron chi connectivity index (χ3n) is 6.49. The number of nitrogens with zero attached hydrogens (tertiary/aromatic N) is 4. The van der Waals surface area contributed by atoms with Crippen molar-refractivity contribution < 1.29 is 28.6 Å². The van der Waals surface area contributed by atoms with Crippen molar-refractivity contribution in [1.82, 2.24) is 14.8 Å². The molecule has 0 aliphatic carbocycles. The third-order valence-corrected chi connectivity index (χ3v) is 6.49. The Labute approximate surface area is 210 Å². The Morgan fingerprint density at radius 3 is 2.22 bits per heavy atom. The summed E-state index contributed by atoms with van der Waals surface area (Å²) in [5, 5.41) is 6.07. The molecule has 36 heavy (non-hydrogen) atoms. The van der Waals surface area contributed by atoms with E-state index >= 15 is 0 Å². The average Bonchev–Trinajstić information content (AvgIpc) is 3.36. The van der Waals surface area contributed by atoms with Gasteiger partial charge in [-0.2, -0.15) is 5.10 Å². The number of carbonyl (C=O) groups excluding carboxylic acids is 3. The molecule has 0 unspecified atom stereocenters. The minimum Gasteiger partial charge on any atom is -0.497 e. The van der Waals surface area contributed by atoms with Crippen molar-refractivity contribution in [3.63, 3.8) is 0 Å². The maximum atomic E-state index is 13.5. The number of rotatable bonds is 8. The molecule has 3 amide bonds. The Morgan fingerprint density at radius 1 is 0.917 bits per heavy atom. The molecule has 0 spiro atoms. The minimum atomic E-state index is -0.669. The predicted octanol–water partition coefficient (Wildman–Crippen LogP) is 2.08. The van der Waals surface area contributed by atoms with Crippen LogP contribution >= 0.6 is 0 Å². The third kappa shape index (κ3) is 4.84. The zero-order valence-electron chi connectivity index (χ0n) is 20.9. The van der Waals surface area contributed by atoms with E-state index in [0.29, 0.717) is 37.6 Å². The van der Waals surface area contributed by atoms with Gasteiger partial charge in [0.15, 0.2) is 11.5 Å². The summed E-state index contributed by atoms with van der Waals surface area (Å²) in [6.07, 6.45) is 0.462. The summed E-state index contributed by atoms with van der Waals surface area (Å²) in [6, 6.07) is 12.5. The first-order valence-electron chi connectivity index (χ1n) is 11.7. The predicted molar refractivity (Wildman–Crippen MR) is 132 cm³/mol. The highest BCUT2D eigenvalue weighted by Gasteiger charge is 2.37. The van der Waals surface area contributed by atoms with Gasteiger partial charge in [-0.1, -0.05) is 6.07 Å². The number of ether oxygens (including phenoxy) is 3. The van der Waals surface area contributed by atoms with E-state index in [2.05, 4.69) is 5.10 Å². The maximum Gasteiger partial charge on any atom is 0.312 e. The summed E-state index contributed by atoms with van der Waals surface area (Å²) in [5.74, 6) is 0.207. The fourth-order valence-electron chi connectivity index (χ4n) is 4.42. The summed E-state index contributed by atoms with van der Waals surface area (Å²) in [4.78, 5) is 41.2. The second-order valence-electron chi connectivity index (χ2n) is 8.46. The highest BCUT2D eigenvalue weighted by Crippen LogP contribution is 2.37. The lowest BCUT2D eigenvalue weighted by molar-refractivity contribution is -0.157. The van der Waals surface area contributed by atoms with E-state index in [1.165, 1.54) is 14.8 Å². The Balaban J connectivity index is 1.63. The summed E-state index contributed by atoms with van der Waals surface area (Å²) in [5.41, 5.74) is 2.40. The van der Waals surface area contributed by atoms with Gasteiger partial charge in [0.1, 0.15) is 12.3 Å². The number of carbonyl (C=O) groups is 3. The fraction of sp³-hybridized carbons (Fsp3) is 0.385. The van der Waals surface area contributed by atoms with Gasteiger partial charge in [-0.15, -0.1) is 0 Å². The lowest BCUT2D eigenvalue weighted by atomic mass is 9.98. The summed E-state index contributed by atoms with van der Waals surface area (Å²) in [7, 11) is 4.71. The van der Waals surface area contributed by atoms with Crippen LogP contribution in [-0.4, -0.2) is 85.8 Å². The van der Waals surface area contributed by atoms with Gasteiger partial charge in [-0.3, -0.25) is 14.4 Å². The lowest BCUT2D eigenvalue weighted by Crippen LogP contribution is -2.56. The number of likely N-dealkylation sites (N-methyl/N-ethyl adjacent to an activating group) is 1. The van der Waals surface area contributed by atoms with E-state index in [1.54, 1.807) is 27.4 Å². The van der Waals surface area contributed by atoms with Crippen molar-refractivity contribution in [3.8, 4) is 17.2 Å². The zero-order valence-corrected chi connectivity index (χ0v) is 20.9. The molecule has 0 saturated carbocycles. The number of hydrogen-bond acceptors (Lipinski definition) is 7. The van der Waals surface area contributed by atoms with Crippen molar-refractivity contribution >= 4 is 23.4 Å². The van der Waals surface area contributed by atoms with Crippen LogP contribution in [0.25, 0.3) is 0 Å². The molecule has 2 heterocycles. The van der Waals surface area contributed by atoms with Gasteiger partial charge in [0.25, 0.3) is 5.91 Å². The second kappa shape index (κ2) is 10.7. The molecule has 0 N–H and O–H groups in total. The second-order valence-corrected chi connectivity index (χ2v) is 8.46. The minimum absolute atomic E-state index is 0.231. The zero-order chi connectivity index (χ0) is 25.8. The van der Waals surface area contributed by atoms with Crippen LogP contribution in [0.2, 0.25) is 0 Å². The van der Waals surface area contributed by atoms with Crippen molar-refractivity contribution in [2.45, 2.75) is 19.4 Å². The first-order valence-corrected chi connectivity index (χ1v) is 11.7. The first-order chi connectivity index (χ1) is 17.4. The Bertz CT molecular complexity index is 1180. The van der Waals surface area contributed by atoms with Crippen molar-refractivity contribution in [2.75, 3.05) is 47.5 Å². The first kappa shape index (κ1) is 25.0. The normalized spacial score (nSPS) is 17.8. The van der Waals surface area contributed by atoms with Crippen molar-refractivity contribution in [1.29, 1.82) is 0 Å². The lowest BCUT2D eigenvalue weighted by Gasteiger charge is -2.33. The van der Waals surface area contributed by atoms with E-state index < -0.39 is 17.9 Å². The highest BCUT2D eigenvalue weighted by atomic mass is 16.5. The van der Waals surface area contributed by atoms with E-state index in [4.69, 9.17) is 14.2 Å². The molecule has 2 aromatic rings. The van der Waals surface area contributed by atoms with Crippen LogP contribution < -0.4 is 14.2 Å². The molecule has 1 atom stereocenters. The molecule has 4 rings (SSSR count). The summed E-state index contributed by atoms with van der Waals surface area (Å²) in [6.45, 7) is 2.74. The van der Waals surface area contributed by atoms with Gasteiger partial charge >= 0.3 is 11.8 Å². The van der Waals surface area contributed by atoms with Gasteiger partial charge in [0.2, 0.25) is 0 Å². The van der Waals surface area contributed by atoms with Gasteiger partial charge < -0.3 is 24.0 Å². The SMILES string of the molecule is CCN1CCN(CC(=O)N2N=C(c3ccc(OC)cc3)C[C@H]2c2ccc(OC)c(OC)c2)C(=O)C1=O. The molecule has 0 radical (unpaired) electrons. The fourth-order valence-corrected chi connectivity index (χ4v) is 4.42. The van der Waals surface area contributed by atoms with Crippen LogP contribution in [-0.2, 0) is 14.4 Å². The quantitative estimate of drug-likeness (QED) is 0.521. The Hall–Kier alpha value is -4.08. The summed E-state index contributed by atoms with van der Waals surface area (Å²) < 4.78 is 16.1. The molecule has 0 bridgehead atoms. The van der Waals surface area contributed by atoms with E-state index in [-0.39, 0.29) is 12.5 Å². The number of piperazine rings is 1. The van der Waals surface area contributed by atoms with Gasteiger partial charge in [0, 0.05) is 26.1 Å². The maximum absolute atomic E-state index is 13.5. The molecule has 1 saturated heterocycles.